The molecule has 7 nitrogen and oxygen atoms in total. The number of nitrogens with zero attached hydrogens (tertiary/aromatic N) is 1. The highest BCUT2D eigenvalue weighted by atomic mass is 35.5. The smallest absolute Gasteiger partial charge is 0.309 e. The zero-order valence-corrected chi connectivity index (χ0v) is 16.0. The van der Waals surface area contributed by atoms with Crippen LogP contribution in [0.2, 0.25) is 5.02 Å². The van der Waals surface area contributed by atoms with Gasteiger partial charge < -0.3 is 10.1 Å². The summed E-state index contributed by atoms with van der Waals surface area (Å²) in [6.45, 7) is 2.49. The molecular weight excluding hydrogens is 380 g/mol. The summed E-state index contributed by atoms with van der Waals surface area (Å²) in [6.07, 6.45) is 2.45. The summed E-state index contributed by atoms with van der Waals surface area (Å²) in [4.78, 5) is 23.7. The molecule has 2 aliphatic rings. The number of hydrogen-bond acceptors (Lipinski definition) is 5. The van der Waals surface area contributed by atoms with Crippen LogP contribution in [0.4, 0.5) is 5.69 Å². The van der Waals surface area contributed by atoms with Gasteiger partial charge in [0, 0.05) is 13.1 Å². The molecule has 9 heteroatoms. The molecule has 0 spiro atoms. The van der Waals surface area contributed by atoms with Gasteiger partial charge in [-0.2, -0.15) is 4.31 Å². The number of nitrogens with one attached hydrogen (secondary N) is 1. The van der Waals surface area contributed by atoms with E-state index in [1.807, 2.05) is 6.92 Å². The first-order valence-electron chi connectivity index (χ1n) is 8.55. The van der Waals surface area contributed by atoms with Crippen LogP contribution < -0.4 is 5.32 Å². The molecule has 1 aliphatic heterocycles. The van der Waals surface area contributed by atoms with Crippen LogP contribution in [0.25, 0.3) is 0 Å². The van der Waals surface area contributed by atoms with E-state index in [1.165, 1.54) is 22.5 Å². The van der Waals surface area contributed by atoms with Crippen LogP contribution in [0.15, 0.2) is 23.1 Å². The molecule has 1 saturated carbocycles. The number of hydrogen-bond donors (Lipinski definition) is 1. The van der Waals surface area contributed by atoms with Gasteiger partial charge in [-0.25, -0.2) is 8.42 Å². The molecule has 1 saturated heterocycles. The maximum atomic E-state index is 12.6. The number of anilines is 1. The van der Waals surface area contributed by atoms with Gasteiger partial charge in [0.25, 0.3) is 5.91 Å². The number of rotatable bonds is 6. The molecule has 0 bridgehead atoms. The molecule has 1 amide bonds. The summed E-state index contributed by atoms with van der Waals surface area (Å²) in [7, 11) is -3.61. The van der Waals surface area contributed by atoms with Gasteiger partial charge in [0.2, 0.25) is 10.0 Å². The minimum atomic E-state index is -3.61. The van der Waals surface area contributed by atoms with Gasteiger partial charge in [0.15, 0.2) is 6.61 Å². The second kappa shape index (κ2) is 7.54. The Kier molecular flexibility index (Phi) is 5.55. The average molecular weight is 401 g/mol. The Morgan fingerprint density at radius 1 is 1.31 bits per heavy atom. The van der Waals surface area contributed by atoms with Crippen molar-refractivity contribution in [3.63, 3.8) is 0 Å². The van der Waals surface area contributed by atoms with Crippen molar-refractivity contribution >= 4 is 39.2 Å². The number of sulfonamides is 1. The molecule has 0 radical (unpaired) electrons. The molecule has 2 fully saturated rings. The molecule has 1 aromatic carbocycles. The fourth-order valence-corrected chi connectivity index (χ4v) is 4.63. The van der Waals surface area contributed by atoms with E-state index in [0.29, 0.717) is 19.0 Å². The van der Waals surface area contributed by atoms with Crippen molar-refractivity contribution in [3.8, 4) is 0 Å². The Labute approximate surface area is 157 Å². The molecule has 1 N–H and O–H groups in total. The van der Waals surface area contributed by atoms with Crippen molar-refractivity contribution in [1.82, 2.24) is 4.31 Å². The van der Waals surface area contributed by atoms with Crippen LogP contribution in [0.3, 0.4) is 0 Å². The molecule has 0 aromatic heterocycles. The van der Waals surface area contributed by atoms with Gasteiger partial charge in [-0.05, 0) is 43.4 Å². The summed E-state index contributed by atoms with van der Waals surface area (Å²) in [5, 5.41) is 2.72. The van der Waals surface area contributed by atoms with Gasteiger partial charge in [-0.1, -0.05) is 18.5 Å². The largest absolute Gasteiger partial charge is 0.455 e. The predicted octanol–water partition coefficient (Wildman–Crippen LogP) is 2.26. The van der Waals surface area contributed by atoms with E-state index in [0.717, 1.165) is 19.3 Å². The second-order valence-corrected chi connectivity index (χ2v) is 9.07. The van der Waals surface area contributed by atoms with E-state index in [4.69, 9.17) is 16.3 Å². The quantitative estimate of drug-likeness (QED) is 0.739. The number of benzene rings is 1. The Balaban J connectivity index is 1.65. The highest BCUT2D eigenvalue weighted by Gasteiger charge is 2.40. The van der Waals surface area contributed by atoms with Gasteiger partial charge >= 0.3 is 5.97 Å². The van der Waals surface area contributed by atoms with Crippen molar-refractivity contribution in [2.24, 2.45) is 11.8 Å². The topological polar surface area (TPSA) is 92.8 Å². The van der Waals surface area contributed by atoms with E-state index in [2.05, 4.69) is 5.32 Å². The lowest BCUT2D eigenvalue weighted by molar-refractivity contribution is -0.148. The van der Waals surface area contributed by atoms with Gasteiger partial charge in [-0.15, -0.1) is 0 Å². The number of amides is 1. The highest BCUT2D eigenvalue weighted by Crippen LogP contribution is 2.38. The second-order valence-electron chi connectivity index (χ2n) is 6.73. The van der Waals surface area contributed by atoms with Crippen LogP contribution >= 0.6 is 11.6 Å². The van der Waals surface area contributed by atoms with Crippen molar-refractivity contribution in [2.45, 2.75) is 31.1 Å². The number of halogens is 1. The molecule has 1 aliphatic carbocycles. The third kappa shape index (κ3) is 4.19. The van der Waals surface area contributed by atoms with Crippen LogP contribution in [-0.4, -0.2) is 44.3 Å². The fraction of sp³-hybridized carbons (Fsp3) is 0.529. The lowest BCUT2D eigenvalue weighted by atomic mass is 10.3. The first-order valence-corrected chi connectivity index (χ1v) is 10.4. The number of carbonyl (C=O) groups excluding carboxylic acids is 2. The maximum absolute atomic E-state index is 12.6. The molecule has 1 aromatic rings. The molecule has 0 unspecified atom stereocenters. The van der Waals surface area contributed by atoms with E-state index in [-0.39, 0.29) is 27.5 Å². The normalized spacial score (nSPS) is 22.8. The molecule has 1 heterocycles. The van der Waals surface area contributed by atoms with Gasteiger partial charge in [-0.3, -0.25) is 9.59 Å². The Bertz CT molecular complexity index is 820. The predicted molar refractivity (Wildman–Crippen MR) is 96.3 cm³/mol. The lowest BCUT2D eigenvalue weighted by Crippen LogP contribution is -2.28. The minimum absolute atomic E-state index is 0.0721. The van der Waals surface area contributed by atoms with E-state index >= 15 is 0 Å². The van der Waals surface area contributed by atoms with Gasteiger partial charge in [0.05, 0.1) is 21.5 Å². The zero-order chi connectivity index (χ0) is 18.9. The van der Waals surface area contributed by atoms with Crippen LogP contribution in [0.5, 0.6) is 0 Å². The number of carbonyl (C=O) groups is 2. The molecule has 26 heavy (non-hydrogen) atoms. The third-order valence-electron chi connectivity index (χ3n) is 4.67. The fourth-order valence-electron chi connectivity index (χ4n) is 2.92. The molecular formula is C17H21ClN2O5S. The summed E-state index contributed by atoms with van der Waals surface area (Å²) in [6, 6.07) is 4.18. The number of ether oxygens (including phenoxy) is 1. The zero-order valence-electron chi connectivity index (χ0n) is 14.4. The lowest BCUT2D eigenvalue weighted by Gasteiger charge is -2.16. The minimum Gasteiger partial charge on any atom is -0.455 e. The van der Waals surface area contributed by atoms with Crippen molar-refractivity contribution in [2.75, 3.05) is 25.0 Å². The standard InChI is InChI=1S/C17H21ClN2O5S/c1-11-8-13(11)17(22)25-10-16(21)19-15-9-12(4-5-14(15)18)26(23,24)20-6-2-3-7-20/h4-5,9,11,13H,2-3,6-8,10H2,1H3,(H,19,21)/t11-,13-/m1/s1. The SMILES string of the molecule is C[C@@H]1C[C@H]1C(=O)OCC(=O)Nc1cc(S(=O)(=O)N2CCCC2)ccc1Cl. The summed E-state index contributed by atoms with van der Waals surface area (Å²) in [5.74, 6) is -0.777. The maximum Gasteiger partial charge on any atom is 0.309 e. The van der Waals surface area contributed by atoms with E-state index < -0.39 is 22.5 Å². The van der Waals surface area contributed by atoms with Crippen LogP contribution in [-0.2, 0) is 24.3 Å². The van der Waals surface area contributed by atoms with Gasteiger partial charge in [0.1, 0.15) is 0 Å². The Morgan fingerprint density at radius 3 is 2.58 bits per heavy atom. The van der Waals surface area contributed by atoms with E-state index in [9.17, 15) is 18.0 Å². The van der Waals surface area contributed by atoms with Crippen molar-refractivity contribution < 1.29 is 22.7 Å². The summed E-state index contributed by atoms with van der Waals surface area (Å²) >= 11 is 6.06. The molecule has 3 rings (SSSR count). The Hall–Kier alpha value is -1.64. The first-order chi connectivity index (χ1) is 12.3. The average Bonchev–Trinajstić information content (AvgIpc) is 3.10. The van der Waals surface area contributed by atoms with Crippen LogP contribution in [0.1, 0.15) is 26.2 Å². The van der Waals surface area contributed by atoms with Crippen molar-refractivity contribution in [1.29, 1.82) is 0 Å². The Morgan fingerprint density at radius 2 is 1.96 bits per heavy atom. The highest BCUT2D eigenvalue weighted by molar-refractivity contribution is 7.89. The van der Waals surface area contributed by atoms with E-state index in [1.54, 1.807) is 0 Å². The molecule has 142 valence electrons. The summed E-state index contributed by atoms with van der Waals surface area (Å²) in [5.41, 5.74) is 0.174. The number of esters is 1. The third-order valence-corrected chi connectivity index (χ3v) is 6.90. The molecule has 2 atom stereocenters. The van der Waals surface area contributed by atoms with Crippen LogP contribution in [0, 0.1) is 11.8 Å². The monoisotopic (exact) mass is 400 g/mol. The van der Waals surface area contributed by atoms with Crippen molar-refractivity contribution in [3.05, 3.63) is 23.2 Å². The summed E-state index contributed by atoms with van der Waals surface area (Å²) < 4.78 is 31.6. The first kappa shape index (κ1) is 19.1.